The van der Waals surface area contributed by atoms with Crippen molar-refractivity contribution in [2.75, 3.05) is 18.5 Å². The fourth-order valence-electron chi connectivity index (χ4n) is 2.54. The molecule has 0 heterocycles. The van der Waals surface area contributed by atoms with Gasteiger partial charge in [-0.2, -0.15) is 8.78 Å². The van der Waals surface area contributed by atoms with E-state index >= 15 is 0 Å². The molecule has 2 rings (SSSR count). The molecule has 0 unspecified atom stereocenters. The van der Waals surface area contributed by atoms with Gasteiger partial charge in [-0.3, -0.25) is 14.4 Å². The Balaban J connectivity index is 1.77. The van der Waals surface area contributed by atoms with Crippen molar-refractivity contribution in [2.45, 2.75) is 32.8 Å². The van der Waals surface area contributed by atoms with E-state index in [4.69, 9.17) is 16.3 Å². The first-order valence-corrected chi connectivity index (χ1v) is 9.92. The smallest absolute Gasteiger partial charge is 0.387 e. The van der Waals surface area contributed by atoms with Crippen LogP contribution in [0.2, 0.25) is 5.02 Å². The molecule has 32 heavy (non-hydrogen) atoms. The molecule has 0 atom stereocenters. The normalized spacial score (nSPS) is 11.1. The molecule has 0 aliphatic heterocycles. The summed E-state index contributed by atoms with van der Waals surface area (Å²) < 4.78 is 33.5. The maximum Gasteiger partial charge on any atom is 0.387 e. The molecular formula is C22H23ClF2N2O5. The van der Waals surface area contributed by atoms with Crippen LogP contribution >= 0.6 is 11.6 Å². The number of carbonyl (C=O) groups is 3. The Kier molecular flexibility index (Phi) is 8.54. The van der Waals surface area contributed by atoms with Gasteiger partial charge in [-0.15, -0.1) is 0 Å². The lowest BCUT2D eigenvalue weighted by Crippen LogP contribution is -2.32. The number of hydrogen-bond acceptors (Lipinski definition) is 5. The molecular weight excluding hydrogens is 446 g/mol. The number of ether oxygens (including phenoxy) is 2. The Morgan fingerprint density at radius 2 is 1.72 bits per heavy atom. The summed E-state index contributed by atoms with van der Waals surface area (Å²) in [7, 11) is 0. The number of rotatable bonds is 8. The van der Waals surface area contributed by atoms with Crippen LogP contribution < -0.4 is 15.4 Å². The second kappa shape index (κ2) is 10.9. The molecule has 2 aromatic rings. The van der Waals surface area contributed by atoms with Crippen LogP contribution in [-0.4, -0.2) is 37.5 Å². The van der Waals surface area contributed by atoms with E-state index in [0.29, 0.717) is 5.56 Å². The second-order valence-electron chi connectivity index (χ2n) is 7.74. The van der Waals surface area contributed by atoms with Gasteiger partial charge >= 0.3 is 12.6 Å². The van der Waals surface area contributed by atoms with Gasteiger partial charge < -0.3 is 20.1 Å². The molecule has 7 nitrogen and oxygen atoms in total. The van der Waals surface area contributed by atoms with Gasteiger partial charge in [0.1, 0.15) is 12.3 Å². The van der Waals surface area contributed by atoms with Gasteiger partial charge in [0.25, 0.3) is 11.8 Å². The third-order valence-corrected chi connectivity index (χ3v) is 4.50. The summed E-state index contributed by atoms with van der Waals surface area (Å²) in [6, 6.07) is 10.7. The molecule has 0 radical (unpaired) electrons. The Labute approximate surface area is 189 Å². The molecule has 172 valence electrons. The number of carbonyl (C=O) groups excluding carboxylic acids is 3. The van der Waals surface area contributed by atoms with Crippen LogP contribution in [0.5, 0.6) is 5.75 Å². The Morgan fingerprint density at radius 3 is 2.28 bits per heavy atom. The quantitative estimate of drug-likeness (QED) is 0.568. The van der Waals surface area contributed by atoms with Crippen LogP contribution in [0.1, 0.15) is 36.7 Å². The number of benzene rings is 2. The van der Waals surface area contributed by atoms with Crippen molar-refractivity contribution < 1.29 is 32.6 Å². The third kappa shape index (κ3) is 7.81. The molecule has 0 aliphatic carbocycles. The van der Waals surface area contributed by atoms with Gasteiger partial charge in [0.2, 0.25) is 0 Å². The lowest BCUT2D eigenvalue weighted by Gasteiger charge is -2.19. The maximum atomic E-state index is 12.2. The van der Waals surface area contributed by atoms with E-state index in [0.717, 1.165) is 5.56 Å². The van der Waals surface area contributed by atoms with Crippen molar-refractivity contribution in [2.24, 2.45) is 0 Å². The van der Waals surface area contributed by atoms with E-state index in [2.05, 4.69) is 36.1 Å². The zero-order valence-corrected chi connectivity index (χ0v) is 18.5. The topological polar surface area (TPSA) is 93.7 Å². The number of hydrogen-bond donors (Lipinski definition) is 2. The highest BCUT2D eigenvalue weighted by Gasteiger charge is 2.15. The van der Waals surface area contributed by atoms with E-state index in [1.807, 2.05) is 12.1 Å². The van der Waals surface area contributed by atoms with Crippen molar-refractivity contribution in [3.63, 3.8) is 0 Å². The molecule has 0 bridgehead atoms. The molecule has 0 spiro atoms. The molecule has 0 saturated carbocycles. The van der Waals surface area contributed by atoms with Crippen molar-refractivity contribution in [1.29, 1.82) is 0 Å². The fourth-order valence-corrected chi connectivity index (χ4v) is 2.77. The lowest BCUT2D eigenvalue weighted by molar-refractivity contribution is -0.146. The number of amides is 2. The van der Waals surface area contributed by atoms with E-state index in [1.54, 1.807) is 12.1 Å². The minimum Gasteiger partial charge on any atom is -0.454 e. The average molecular weight is 469 g/mol. The Morgan fingerprint density at radius 1 is 1.06 bits per heavy atom. The zero-order valence-electron chi connectivity index (χ0n) is 17.7. The van der Waals surface area contributed by atoms with Crippen LogP contribution in [-0.2, 0) is 19.7 Å². The molecule has 0 aromatic heterocycles. The summed E-state index contributed by atoms with van der Waals surface area (Å²) in [6.45, 7) is 2.11. The highest BCUT2D eigenvalue weighted by atomic mass is 35.5. The molecule has 0 aliphatic rings. The predicted octanol–water partition coefficient (Wildman–Crippen LogP) is 4.15. The maximum absolute atomic E-state index is 12.2. The van der Waals surface area contributed by atoms with Crippen molar-refractivity contribution >= 4 is 35.1 Å². The number of esters is 1. The minimum atomic E-state index is -3.03. The van der Waals surface area contributed by atoms with Gasteiger partial charge in [0.05, 0.1) is 5.02 Å². The van der Waals surface area contributed by atoms with E-state index < -0.39 is 37.5 Å². The molecule has 0 saturated heterocycles. The highest BCUT2D eigenvalue weighted by Crippen LogP contribution is 2.29. The summed E-state index contributed by atoms with van der Waals surface area (Å²) in [6.07, 6.45) is 0. The van der Waals surface area contributed by atoms with Crippen LogP contribution in [0.15, 0.2) is 42.5 Å². The summed E-state index contributed by atoms with van der Waals surface area (Å²) in [5.41, 5.74) is 1.60. The fraction of sp³-hybridized carbons (Fsp3) is 0.318. The van der Waals surface area contributed by atoms with Gasteiger partial charge in [-0.05, 0) is 41.3 Å². The molecule has 2 amide bonds. The lowest BCUT2D eigenvalue weighted by atomic mass is 9.87. The number of halogens is 3. The van der Waals surface area contributed by atoms with Crippen LogP contribution in [0.4, 0.5) is 14.5 Å². The Bertz CT molecular complexity index is 975. The number of anilines is 1. The van der Waals surface area contributed by atoms with E-state index in [1.165, 1.54) is 18.2 Å². The third-order valence-electron chi connectivity index (χ3n) is 4.20. The SMILES string of the molecule is CC(C)(C)c1ccc(C(=O)NCC(=O)OCC(=O)Nc2ccc(OC(F)F)c(Cl)c2)cc1. The van der Waals surface area contributed by atoms with E-state index in [-0.39, 0.29) is 21.9 Å². The average Bonchev–Trinajstić information content (AvgIpc) is 2.71. The van der Waals surface area contributed by atoms with Crippen molar-refractivity contribution in [3.05, 3.63) is 58.6 Å². The number of nitrogens with one attached hydrogen (secondary N) is 2. The first-order chi connectivity index (χ1) is 15.0. The van der Waals surface area contributed by atoms with Gasteiger partial charge in [0, 0.05) is 11.3 Å². The van der Waals surface area contributed by atoms with Gasteiger partial charge in [-0.1, -0.05) is 44.5 Å². The van der Waals surface area contributed by atoms with Gasteiger partial charge in [-0.25, -0.2) is 0 Å². The predicted molar refractivity (Wildman–Crippen MR) is 115 cm³/mol. The number of alkyl halides is 2. The van der Waals surface area contributed by atoms with Crippen molar-refractivity contribution in [1.82, 2.24) is 5.32 Å². The first-order valence-electron chi connectivity index (χ1n) is 9.54. The second-order valence-corrected chi connectivity index (χ2v) is 8.15. The summed E-state index contributed by atoms with van der Waals surface area (Å²) >= 11 is 5.80. The van der Waals surface area contributed by atoms with Crippen molar-refractivity contribution in [3.8, 4) is 5.75 Å². The van der Waals surface area contributed by atoms with Crippen LogP contribution in [0, 0.1) is 0 Å². The van der Waals surface area contributed by atoms with E-state index in [9.17, 15) is 23.2 Å². The first kappa shape index (κ1) is 25.1. The minimum absolute atomic E-state index is 0.0492. The molecule has 2 N–H and O–H groups in total. The molecule has 0 fully saturated rings. The summed E-state index contributed by atoms with van der Waals surface area (Å²) in [5.74, 6) is -2.18. The summed E-state index contributed by atoms with van der Waals surface area (Å²) in [4.78, 5) is 35.8. The van der Waals surface area contributed by atoms with Crippen LogP contribution in [0.25, 0.3) is 0 Å². The molecule has 10 heteroatoms. The van der Waals surface area contributed by atoms with Gasteiger partial charge in [0.15, 0.2) is 6.61 Å². The Hall–Kier alpha value is -3.20. The standard InChI is InChI=1S/C22H23ClF2N2O5/c1-22(2,3)14-6-4-13(5-7-14)20(30)26-11-19(29)31-12-18(28)27-15-8-9-17(16(23)10-15)32-21(24)25/h4-10,21H,11-12H2,1-3H3,(H,26,30)(H,27,28). The summed E-state index contributed by atoms with van der Waals surface area (Å²) in [5, 5.41) is 4.69. The zero-order chi connectivity index (χ0) is 23.9. The highest BCUT2D eigenvalue weighted by molar-refractivity contribution is 6.32. The molecule has 2 aromatic carbocycles. The largest absolute Gasteiger partial charge is 0.454 e. The monoisotopic (exact) mass is 468 g/mol. The van der Waals surface area contributed by atoms with Crippen LogP contribution in [0.3, 0.4) is 0 Å².